The van der Waals surface area contributed by atoms with Crippen LogP contribution in [0.15, 0.2) is 18.2 Å². The van der Waals surface area contributed by atoms with E-state index in [-0.39, 0.29) is 17.7 Å². The highest BCUT2D eigenvalue weighted by atomic mass is 19.1. The summed E-state index contributed by atoms with van der Waals surface area (Å²) in [5.74, 6) is 1.24. The summed E-state index contributed by atoms with van der Waals surface area (Å²) in [6.45, 7) is 7.34. The molecule has 1 fully saturated rings. The molecule has 0 aliphatic heterocycles. The lowest BCUT2D eigenvalue weighted by Gasteiger charge is -2.36. The molecule has 0 aromatic heterocycles. The summed E-state index contributed by atoms with van der Waals surface area (Å²) in [5, 5.41) is 3.37. The van der Waals surface area contributed by atoms with Gasteiger partial charge in [0.2, 0.25) is 0 Å². The summed E-state index contributed by atoms with van der Waals surface area (Å²) in [4.78, 5) is 0. The van der Waals surface area contributed by atoms with Crippen LogP contribution in [0.4, 0.5) is 8.78 Å². The third-order valence-electron chi connectivity index (χ3n) is 4.95. The Morgan fingerprint density at radius 3 is 2.29 bits per heavy atom. The first-order chi connectivity index (χ1) is 10.0. The highest BCUT2D eigenvalue weighted by Crippen LogP contribution is 2.40. The molecule has 0 radical (unpaired) electrons. The summed E-state index contributed by atoms with van der Waals surface area (Å²) in [7, 11) is 0. The van der Waals surface area contributed by atoms with Gasteiger partial charge in [-0.15, -0.1) is 0 Å². The van der Waals surface area contributed by atoms with Crippen molar-refractivity contribution >= 4 is 0 Å². The van der Waals surface area contributed by atoms with Crippen LogP contribution in [0, 0.1) is 29.4 Å². The number of rotatable bonds is 5. The first-order valence-corrected chi connectivity index (χ1v) is 8.21. The van der Waals surface area contributed by atoms with Crippen molar-refractivity contribution < 1.29 is 8.78 Å². The predicted octanol–water partition coefficient (Wildman–Crippen LogP) is 5.08. The van der Waals surface area contributed by atoms with E-state index >= 15 is 0 Å². The van der Waals surface area contributed by atoms with Crippen molar-refractivity contribution in [3.05, 3.63) is 35.4 Å². The van der Waals surface area contributed by atoms with Crippen LogP contribution in [0.25, 0.3) is 0 Å². The molecule has 118 valence electrons. The van der Waals surface area contributed by atoms with Crippen LogP contribution in [0.3, 0.4) is 0 Å². The van der Waals surface area contributed by atoms with Crippen molar-refractivity contribution in [2.45, 2.75) is 52.5 Å². The molecule has 21 heavy (non-hydrogen) atoms. The number of benzene rings is 1. The monoisotopic (exact) mass is 295 g/mol. The molecule has 1 N–H and O–H groups in total. The second kappa shape index (κ2) is 7.35. The summed E-state index contributed by atoms with van der Waals surface area (Å²) >= 11 is 0. The zero-order valence-corrected chi connectivity index (χ0v) is 13.3. The van der Waals surface area contributed by atoms with Gasteiger partial charge in [0.1, 0.15) is 11.6 Å². The van der Waals surface area contributed by atoms with Crippen molar-refractivity contribution in [1.82, 2.24) is 5.32 Å². The molecule has 0 saturated heterocycles. The lowest BCUT2D eigenvalue weighted by atomic mass is 9.73. The summed E-state index contributed by atoms with van der Waals surface area (Å²) in [5.41, 5.74) is 0.491. The fourth-order valence-electron chi connectivity index (χ4n) is 3.65. The summed E-state index contributed by atoms with van der Waals surface area (Å²) in [6, 6.07) is 3.72. The maximum absolute atomic E-state index is 14.1. The summed E-state index contributed by atoms with van der Waals surface area (Å²) < 4.78 is 27.6. The minimum absolute atomic E-state index is 0.0705. The van der Waals surface area contributed by atoms with Crippen molar-refractivity contribution in [2.75, 3.05) is 6.54 Å². The van der Waals surface area contributed by atoms with E-state index in [1.807, 2.05) is 6.92 Å². The topological polar surface area (TPSA) is 12.0 Å². The normalized spacial score (nSPS) is 24.3. The van der Waals surface area contributed by atoms with Gasteiger partial charge in [-0.1, -0.05) is 20.8 Å². The van der Waals surface area contributed by atoms with Gasteiger partial charge in [0.25, 0.3) is 0 Å². The molecule has 2 rings (SSSR count). The smallest absolute Gasteiger partial charge is 0.128 e. The molecule has 1 unspecified atom stereocenters. The largest absolute Gasteiger partial charge is 0.310 e. The van der Waals surface area contributed by atoms with Gasteiger partial charge in [0.15, 0.2) is 0 Å². The second-order valence-electron chi connectivity index (χ2n) is 6.62. The van der Waals surface area contributed by atoms with Crippen LogP contribution in [-0.2, 0) is 0 Å². The highest BCUT2D eigenvalue weighted by molar-refractivity contribution is 5.23. The third-order valence-corrected chi connectivity index (χ3v) is 4.95. The highest BCUT2D eigenvalue weighted by Gasteiger charge is 2.30. The number of hydrogen-bond acceptors (Lipinski definition) is 1. The van der Waals surface area contributed by atoms with Crippen LogP contribution in [0.5, 0.6) is 0 Å². The van der Waals surface area contributed by atoms with E-state index in [1.165, 1.54) is 31.0 Å². The lowest BCUT2D eigenvalue weighted by molar-refractivity contribution is 0.188. The van der Waals surface area contributed by atoms with E-state index < -0.39 is 0 Å². The lowest BCUT2D eigenvalue weighted by Crippen LogP contribution is -2.32. The van der Waals surface area contributed by atoms with E-state index in [0.717, 1.165) is 31.2 Å². The molecule has 1 atom stereocenters. The van der Waals surface area contributed by atoms with E-state index in [0.29, 0.717) is 11.5 Å². The van der Waals surface area contributed by atoms with Gasteiger partial charge >= 0.3 is 0 Å². The maximum Gasteiger partial charge on any atom is 0.128 e. The molecule has 0 heterocycles. The number of nitrogens with one attached hydrogen (secondary N) is 1. The van der Waals surface area contributed by atoms with E-state index in [1.54, 1.807) is 0 Å². The Hall–Kier alpha value is -0.960. The Bertz CT molecular complexity index is 451. The quantitative estimate of drug-likeness (QED) is 0.799. The molecule has 1 aromatic carbocycles. The first kappa shape index (κ1) is 16.4. The molecule has 1 saturated carbocycles. The van der Waals surface area contributed by atoms with Crippen molar-refractivity contribution in [1.29, 1.82) is 0 Å². The van der Waals surface area contributed by atoms with Crippen molar-refractivity contribution in [3.63, 3.8) is 0 Å². The van der Waals surface area contributed by atoms with E-state index in [2.05, 4.69) is 19.2 Å². The Labute approximate surface area is 127 Å². The third kappa shape index (κ3) is 4.03. The first-order valence-electron chi connectivity index (χ1n) is 8.21. The fraction of sp³-hybridized carbons (Fsp3) is 0.667. The minimum atomic E-state index is -0.356. The van der Waals surface area contributed by atoms with E-state index in [9.17, 15) is 8.78 Å². The molecule has 0 bridgehead atoms. The van der Waals surface area contributed by atoms with Gasteiger partial charge in [-0.25, -0.2) is 8.78 Å². The predicted molar refractivity (Wildman–Crippen MR) is 83.1 cm³/mol. The SMILES string of the molecule is CCNC(c1cc(F)ccc1F)C1CCC(C(C)C)CC1. The molecule has 1 aliphatic carbocycles. The van der Waals surface area contributed by atoms with Crippen LogP contribution in [0.2, 0.25) is 0 Å². The van der Waals surface area contributed by atoms with Crippen LogP contribution >= 0.6 is 0 Å². The fourth-order valence-corrected chi connectivity index (χ4v) is 3.65. The Morgan fingerprint density at radius 2 is 1.71 bits per heavy atom. The number of halogens is 2. The molecule has 0 amide bonds. The Kier molecular flexibility index (Phi) is 5.74. The number of hydrogen-bond donors (Lipinski definition) is 1. The average molecular weight is 295 g/mol. The molecular weight excluding hydrogens is 268 g/mol. The van der Waals surface area contributed by atoms with Gasteiger partial charge < -0.3 is 5.32 Å². The van der Waals surface area contributed by atoms with Gasteiger partial charge in [-0.2, -0.15) is 0 Å². The zero-order valence-electron chi connectivity index (χ0n) is 13.3. The average Bonchev–Trinajstić information content (AvgIpc) is 2.48. The Balaban J connectivity index is 2.14. The molecule has 0 spiro atoms. The molecular formula is C18H27F2N. The second-order valence-corrected chi connectivity index (χ2v) is 6.62. The van der Waals surface area contributed by atoms with Gasteiger partial charge in [-0.3, -0.25) is 0 Å². The van der Waals surface area contributed by atoms with Crippen molar-refractivity contribution in [2.24, 2.45) is 17.8 Å². The standard InChI is InChI=1S/C18H27F2N/c1-4-21-18(16-11-15(19)9-10-17(16)20)14-7-5-13(6-8-14)12(2)3/h9-14,18,21H,4-8H2,1-3H3. The zero-order chi connectivity index (χ0) is 15.4. The van der Waals surface area contributed by atoms with Gasteiger partial charge in [-0.05, 0) is 68.2 Å². The van der Waals surface area contributed by atoms with Crippen LogP contribution < -0.4 is 5.32 Å². The van der Waals surface area contributed by atoms with Crippen LogP contribution in [-0.4, -0.2) is 6.54 Å². The molecule has 1 nitrogen and oxygen atoms in total. The molecule has 1 aliphatic rings. The minimum Gasteiger partial charge on any atom is -0.310 e. The Morgan fingerprint density at radius 1 is 1.10 bits per heavy atom. The maximum atomic E-state index is 14.1. The van der Waals surface area contributed by atoms with Crippen molar-refractivity contribution in [3.8, 4) is 0 Å². The van der Waals surface area contributed by atoms with E-state index in [4.69, 9.17) is 0 Å². The van der Waals surface area contributed by atoms with Crippen LogP contribution in [0.1, 0.15) is 58.1 Å². The summed E-state index contributed by atoms with van der Waals surface area (Å²) in [6.07, 6.45) is 4.58. The molecule has 3 heteroatoms. The molecule has 1 aromatic rings. The van der Waals surface area contributed by atoms with Gasteiger partial charge in [0, 0.05) is 11.6 Å². The van der Waals surface area contributed by atoms with Gasteiger partial charge in [0.05, 0.1) is 0 Å².